The van der Waals surface area contributed by atoms with E-state index in [-0.39, 0.29) is 0 Å². The quantitative estimate of drug-likeness (QED) is 0.655. The standard InChI is InChI=1S/C16H15F3/c1-10-4-7-14(12(3)8-10)15-9-13(16(17,18)19)6-5-11(15)2/h4-9H,1-3H3. The second-order valence-electron chi connectivity index (χ2n) is 4.85. The van der Waals surface area contributed by atoms with Crippen molar-refractivity contribution in [2.45, 2.75) is 26.9 Å². The Bertz CT molecular complexity index is 610. The van der Waals surface area contributed by atoms with E-state index in [1.54, 1.807) is 0 Å². The van der Waals surface area contributed by atoms with Crippen LogP contribution in [-0.4, -0.2) is 0 Å². The van der Waals surface area contributed by atoms with Crippen LogP contribution in [0.4, 0.5) is 13.2 Å². The van der Waals surface area contributed by atoms with Crippen molar-refractivity contribution in [1.82, 2.24) is 0 Å². The Morgan fingerprint density at radius 3 is 2.00 bits per heavy atom. The lowest BCUT2D eigenvalue weighted by atomic mass is 9.94. The van der Waals surface area contributed by atoms with Crippen molar-refractivity contribution in [3.05, 3.63) is 58.7 Å². The first-order chi connectivity index (χ1) is 8.79. The summed E-state index contributed by atoms with van der Waals surface area (Å²) in [4.78, 5) is 0. The van der Waals surface area contributed by atoms with E-state index in [9.17, 15) is 13.2 Å². The van der Waals surface area contributed by atoms with Crippen molar-refractivity contribution >= 4 is 0 Å². The van der Waals surface area contributed by atoms with Crippen LogP contribution in [0.25, 0.3) is 11.1 Å². The van der Waals surface area contributed by atoms with E-state index in [0.29, 0.717) is 5.56 Å². The third-order valence-corrected chi connectivity index (χ3v) is 3.24. The van der Waals surface area contributed by atoms with Gasteiger partial charge in [0, 0.05) is 0 Å². The van der Waals surface area contributed by atoms with Crippen LogP contribution in [-0.2, 0) is 6.18 Å². The molecule has 0 unspecified atom stereocenters. The molecule has 0 spiro atoms. The maximum absolute atomic E-state index is 12.8. The average Bonchev–Trinajstić information content (AvgIpc) is 2.29. The first-order valence-corrected chi connectivity index (χ1v) is 6.04. The smallest absolute Gasteiger partial charge is 0.166 e. The summed E-state index contributed by atoms with van der Waals surface area (Å²) in [5, 5.41) is 0. The molecule has 0 bridgehead atoms. The molecule has 0 aromatic heterocycles. The van der Waals surface area contributed by atoms with Crippen LogP contribution in [0.15, 0.2) is 36.4 Å². The summed E-state index contributed by atoms with van der Waals surface area (Å²) in [5.74, 6) is 0. The minimum Gasteiger partial charge on any atom is -0.166 e. The van der Waals surface area contributed by atoms with Crippen LogP contribution in [0, 0.1) is 20.8 Å². The van der Waals surface area contributed by atoms with Gasteiger partial charge in [0.2, 0.25) is 0 Å². The normalized spacial score (nSPS) is 11.7. The molecule has 3 heteroatoms. The topological polar surface area (TPSA) is 0 Å². The molecule has 2 aromatic rings. The van der Waals surface area contributed by atoms with Crippen molar-refractivity contribution in [2.24, 2.45) is 0 Å². The number of rotatable bonds is 1. The van der Waals surface area contributed by atoms with Crippen LogP contribution in [0.1, 0.15) is 22.3 Å². The molecule has 0 aliphatic carbocycles. The molecule has 0 N–H and O–H groups in total. The molecule has 0 amide bonds. The molecule has 2 aromatic carbocycles. The zero-order chi connectivity index (χ0) is 14.2. The van der Waals surface area contributed by atoms with E-state index >= 15 is 0 Å². The SMILES string of the molecule is Cc1ccc(-c2cc(C(F)(F)F)ccc2C)c(C)c1. The molecule has 0 saturated heterocycles. The number of benzene rings is 2. The first-order valence-electron chi connectivity index (χ1n) is 6.04. The molecular weight excluding hydrogens is 249 g/mol. The average molecular weight is 264 g/mol. The predicted octanol–water partition coefficient (Wildman–Crippen LogP) is 5.30. The Balaban J connectivity index is 2.61. The highest BCUT2D eigenvalue weighted by atomic mass is 19.4. The van der Waals surface area contributed by atoms with Crippen molar-refractivity contribution in [1.29, 1.82) is 0 Å². The molecule has 19 heavy (non-hydrogen) atoms. The molecule has 0 radical (unpaired) electrons. The maximum atomic E-state index is 12.8. The lowest BCUT2D eigenvalue weighted by Gasteiger charge is -2.14. The summed E-state index contributed by atoms with van der Waals surface area (Å²) < 4.78 is 38.3. The number of aryl methyl sites for hydroxylation is 3. The van der Waals surface area contributed by atoms with E-state index < -0.39 is 11.7 Å². The highest BCUT2D eigenvalue weighted by molar-refractivity contribution is 5.71. The van der Waals surface area contributed by atoms with Gasteiger partial charge < -0.3 is 0 Å². The molecule has 0 aliphatic heterocycles. The number of hydrogen-bond donors (Lipinski definition) is 0. The van der Waals surface area contributed by atoms with Crippen LogP contribution in [0.2, 0.25) is 0 Å². The minimum atomic E-state index is -4.30. The van der Waals surface area contributed by atoms with Gasteiger partial charge in [-0.1, -0.05) is 29.8 Å². The van der Waals surface area contributed by atoms with Gasteiger partial charge in [0.15, 0.2) is 0 Å². The van der Waals surface area contributed by atoms with E-state index in [4.69, 9.17) is 0 Å². The van der Waals surface area contributed by atoms with Gasteiger partial charge in [-0.15, -0.1) is 0 Å². The largest absolute Gasteiger partial charge is 0.416 e. The number of hydrogen-bond acceptors (Lipinski definition) is 0. The van der Waals surface area contributed by atoms with Gasteiger partial charge in [0.1, 0.15) is 0 Å². The van der Waals surface area contributed by atoms with E-state index in [0.717, 1.165) is 28.3 Å². The highest BCUT2D eigenvalue weighted by Crippen LogP contribution is 2.35. The second-order valence-corrected chi connectivity index (χ2v) is 4.85. The summed E-state index contributed by atoms with van der Waals surface area (Å²) >= 11 is 0. The van der Waals surface area contributed by atoms with Gasteiger partial charge in [-0.05, 0) is 55.2 Å². The summed E-state index contributed by atoms with van der Waals surface area (Å²) in [6.45, 7) is 5.71. The second kappa shape index (κ2) is 4.72. The fourth-order valence-electron chi connectivity index (χ4n) is 2.20. The third-order valence-electron chi connectivity index (χ3n) is 3.24. The number of alkyl halides is 3. The van der Waals surface area contributed by atoms with Crippen LogP contribution < -0.4 is 0 Å². The molecule has 0 fully saturated rings. The van der Waals surface area contributed by atoms with Crippen molar-refractivity contribution < 1.29 is 13.2 Å². The lowest BCUT2D eigenvalue weighted by molar-refractivity contribution is -0.137. The van der Waals surface area contributed by atoms with E-state index in [1.165, 1.54) is 12.1 Å². The highest BCUT2D eigenvalue weighted by Gasteiger charge is 2.30. The zero-order valence-electron chi connectivity index (χ0n) is 11.1. The van der Waals surface area contributed by atoms with Crippen molar-refractivity contribution in [3.8, 4) is 11.1 Å². The fraction of sp³-hybridized carbons (Fsp3) is 0.250. The maximum Gasteiger partial charge on any atom is 0.416 e. The number of halogens is 3. The van der Waals surface area contributed by atoms with E-state index in [1.807, 2.05) is 39.0 Å². The zero-order valence-corrected chi connectivity index (χ0v) is 11.1. The summed E-state index contributed by atoms with van der Waals surface area (Å²) in [6, 6.07) is 9.66. The molecule has 0 atom stereocenters. The van der Waals surface area contributed by atoms with Crippen LogP contribution in [0.3, 0.4) is 0 Å². The molecule has 0 nitrogen and oxygen atoms in total. The Kier molecular flexibility index (Phi) is 3.40. The van der Waals surface area contributed by atoms with Crippen molar-refractivity contribution in [2.75, 3.05) is 0 Å². The summed E-state index contributed by atoms with van der Waals surface area (Å²) in [7, 11) is 0. The first kappa shape index (κ1) is 13.7. The van der Waals surface area contributed by atoms with E-state index in [2.05, 4.69) is 0 Å². The third kappa shape index (κ3) is 2.80. The Hall–Kier alpha value is -1.77. The monoisotopic (exact) mass is 264 g/mol. The molecular formula is C16H15F3. The fourth-order valence-corrected chi connectivity index (χ4v) is 2.20. The Morgan fingerprint density at radius 2 is 1.42 bits per heavy atom. The van der Waals surface area contributed by atoms with Gasteiger partial charge in [-0.25, -0.2) is 0 Å². The van der Waals surface area contributed by atoms with Gasteiger partial charge in [0.05, 0.1) is 5.56 Å². The molecule has 100 valence electrons. The summed E-state index contributed by atoms with van der Waals surface area (Å²) in [6.07, 6.45) is -4.30. The van der Waals surface area contributed by atoms with Gasteiger partial charge in [-0.2, -0.15) is 13.2 Å². The van der Waals surface area contributed by atoms with Crippen molar-refractivity contribution in [3.63, 3.8) is 0 Å². The van der Waals surface area contributed by atoms with Crippen LogP contribution in [0.5, 0.6) is 0 Å². The van der Waals surface area contributed by atoms with Gasteiger partial charge in [-0.3, -0.25) is 0 Å². The molecule has 0 heterocycles. The summed E-state index contributed by atoms with van der Waals surface area (Å²) in [5.41, 5.74) is 3.84. The molecule has 0 saturated carbocycles. The molecule has 0 aliphatic rings. The Morgan fingerprint density at radius 1 is 0.737 bits per heavy atom. The Labute approximate surface area is 110 Å². The van der Waals surface area contributed by atoms with Gasteiger partial charge in [0.25, 0.3) is 0 Å². The van der Waals surface area contributed by atoms with Crippen LogP contribution >= 0.6 is 0 Å². The predicted molar refractivity (Wildman–Crippen MR) is 71.1 cm³/mol. The molecule has 2 rings (SSSR count). The lowest BCUT2D eigenvalue weighted by Crippen LogP contribution is -2.05. The van der Waals surface area contributed by atoms with Gasteiger partial charge >= 0.3 is 6.18 Å². The minimum absolute atomic E-state index is 0.604.